The van der Waals surface area contributed by atoms with Crippen LogP contribution in [0.2, 0.25) is 0 Å². The lowest BCUT2D eigenvalue weighted by Crippen LogP contribution is -1.92. The number of aromatic nitrogens is 5. The van der Waals surface area contributed by atoms with Gasteiger partial charge in [0.25, 0.3) is 0 Å². The van der Waals surface area contributed by atoms with Crippen molar-refractivity contribution in [2.75, 3.05) is 0 Å². The van der Waals surface area contributed by atoms with Crippen molar-refractivity contribution in [3.8, 4) is 22.3 Å². The molecule has 5 heterocycles. The van der Waals surface area contributed by atoms with Crippen molar-refractivity contribution in [2.45, 2.75) is 0 Å². The number of para-hydroxylation sites is 6. The molecule has 0 unspecified atom stereocenters. The van der Waals surface area contributed by atoms with Crippen molar-refractivity contribution in [2.24, 2.45) is 0 Å². The Kier molecular flexibility index (Phi) is 5.05. The Morgan fingerprint density at radius 3 is 1.27 bits per heavy atom. The molecule has 6 aromatic carbocycles. The molecule has 0 saturated carbocycles. The Labute approximate surface area is 274 Å². The Bertz CT molecular complexity index is 2920. The zero-order valence-corrected chi connectivity index (χ0v) is 25.7. The number of imidazole rings is 2. The summed E-state index contributed by atoms with van der Waals surface area (Å²) in [6.07, 6.45) is 3.93. The minimum Gasteiger partial charge on any atom is -0.292 e. The summed E-state index contributed by atoms with van der Waals surface area (Å²) in [7, 11) is 0. The molecule has 0 bridgehead atoms. The molecule has 0 aliphatic heterocycles. The van der Waals surface area contributed by atoms with Crippen LogP contribution in [0.4, 0.5) is 0 Å². The highest BCUT2D eigenvalue weighted by atomic mass is 15.0. The molecule has 0 radical (unpaired) electrons. The van der Waals surface area contributed by atoms with E-state index >= 15 is 0 Å². The Hall–Kier alpha value is -6.59. The van der Waals surface area contributed by atoms with Crippen molar-refractivity contribution < 1.29 is 0 Å². The van der Waals surface area contributed by atoms with Gasteiger partial charge in [-0.1, -0.05) is 72.8 Å². The molecule has 0 amide bonds. The van der Waals surface area contributed by atoms with Crippen LogP contribution in [0.5, 0.6) is 0 Å². The molecule has 0 aliphatic rings. The molecule has 0 N–H and O–H groups in total. The maximum atomic E-state index is 5.07. The molecule has 11 aromatic rings. The van der Waals surface area contributed by atoms with Gasteiger partial charge in [0.2, 0.25) is 0 Å². The molecule has 5 nitrogen and oxygen atoms in total. The molecule has 0 spiro atoms. The number of hydrogen-bond donors (Lipinski definition) is 0. The third kappa shape index (κ3) is 3.47. The van der Waals surface area contributed by atoms with Crippen LogP contribution in [-0.2, 0) is 0 Å². The van der Waals surface area contributed by atoms with Crippen molar-refractivity contribution in [1.82, 2.24) is 23.8 Å². The highest BCUT2D eigenvalue weighted by molar-refractivity contribution is 6.16. The second kappa shape index (κ2) is 9.47. The largest absolute Gasteiger partial charge is 0.292 e. The van der Waals surface area contributed by atoms with Crippen LogP contribution in [0.3, 0.4) is 0 Å². The fourth-order valence-corrected chi connectivity index (χ4v) is 7.73. The zero-order chi connectivity index (χ0) is 31.3. The summed E-state index contributed by atoms with van der Waals surface area (Å²) in [6.45, 7) is 0. The summed E-state index contributed by atoms with van der Waals surface area (Å²) in [4.78, 5) is 14.9. The molecule has 11 rings (SSSR count). The normalized spacial score (nSPS) is 12.2. The van der Waals surface area contributed by atoms with E-state index in [9.17, 15) is 0 Å². The van der Waals surface area contributed by atoms with E-state index in [-0.39, 0.29) is 0 Å². The van der Waals surface area contributed by atoms with Crippen LogP contribution in [0.1, 0.15) is 0 Å². The topological polar surface area (TPSA) is 47.5 Å². The summed E-state index contributed by atoms with van der Waals surface area (Å²) >= 11 is 0. The number of pyridine rings is 3. The van der Waals surface area contributed by atoms with E-state index in [1.54, 1.807) is 0 Å². The third-order valence-corrected chi connectivity index (χ3v) is 9.92. The molecular formula is C43H25N5. The van der Waals surface area contributed by atoms with Gasteiger partial charge in [-0.3, -0.25) is 13.8 Å². The van der Waals surface area contributed by atoms with Crippen LogP contribution >= 0.6 is 0 Å². The van der Waals surface area contributed by atoms with E-state index in [2.05, 4.69) is 148 Å². The standard InChI is InChI=1S/C43H25N5/c1-5-13-38-30(9-1)34-22-26(17-19-32(34)42-45-36-11-3-7-15-40(36)47(38)42)28-21-29(25-44-24-28)27-18-20-33-35(23-27)31-10-2-6-14-39(31)48-41-16-8-4-12-37(41)46-43(33)48/h1-25H. The second-order valence-electron chi connectivity index (χ2n) is 12.5. The SMILES string of the molecule is c1ccc2c(c1)nc1c3ccc(-c4cncc(-c5ccc6c(c5)c5ccccc5n5c7ccccc7nc65)c4)cc3c3ccccc3n21. The average Bonchev–Trinajstić information content (AvgIpc) is 3.75. The average molecular weight is 612 g/mol. The molecular weight excluding hydrogens is 587 g/mol. The third-order valence-electron chi connectivity index (χ3n) is 9.92. The van der Waals surface area contributed by atoms with E-state index in [4.69, 9.17) is 15.0 Å². The van der Waals surface area contributed by atoms with E-state index in [0.717, 1.165) is 77.4 Å². The minimum atomic E-state index is 0.978. The summed E-state index contributed by atoms with van der Waals surface area (Å²) in [5, 5.41) is 7.05. The highest BCUT2D eigenvalue weighted by Crippen LogP contribution is 2.37. The summed E-state index contributed by atoms with van der Waals surface area (Å²) < 4.78 is 4.58. The van der Waals surface area contributed by atoms with Crippen LogP contribution in [-0.4, -0.2) is 23.8 Å². The molecule has 0 atom stereocenters. The second-order valence-corrected chi connectivity index (χ2v) is 12.5. The number of rotatable bonds is 2. The molecule has 0 saturated heterocycles. The Morgan fingerprint density at radius 2 is 0.771 bits per heavy atom. The summed E-state index contributed by atoms with van der Waals surface area (Å²) in [5.41, 5.74) is 12.9. The van der Waals surface area contributed by atoms with Gasteiger partial charge >= 0.3 is 0 Å². The van der Waals surface area contributed by atoms with Gasteiger partial charge in [-0.25, -0.2) is 9.97 Å². The molecule has 5 aromatic heterocycles. The molecule has 48 heavy (non-hydrogen) atoms. The van der Waals surface area contributed by atoms with E-state index < -0.39 is 0 Å². The first-order valence-electron chi connectivity index (χ1n) is 16.2. The Morgan fingerprint density at radius 1 is 0.333 bits per heavy atom. The maximum Gasteiger partial charge on any atom is 0.146 e. The van der Waals surface area contributed by atoms with Gasteiger partial charge in [0, 0.05) is 45.1 Å². The fraction of sp³-hybridized carbons (Fsp3) is 0. The van der Waals surface area contributed by atoms with Crippen molar-refractivity contribution >= 4 is 76.7 Å². The van der Waals surface area contributed by atoms with Gasteiger partial charge < -0.3 is 0 Å². The molecule has 0 aliphatic carbocycles. The lowest BCUT2D eigenvalue weighted by Gasteiger charge is -2.12. The van der Waals surface area contributed by atoms with Gasteiger partial charge in [-0.05, 0) is 88.6 Å². The van der Waals surface area contributed by atoms with E-state index in [1.165, 1.54) is 21.5 Å². The van der Waals surface area contributed by atoms with Crippen molar-refractivity contribution in [1.29, 1.82) is 0 Å². The lowest BCUT2D eigenvalue weighted by molar-refractivity contribution is 1.31. The van der Waals surface area contributed by atoms with Gasteiger partial charge in [-0.15, -0.1) is 0 Å². The Balaban J connectivity index is 1.10. The monoisotopic (exact) mass is 611 g/mol. The van der Waals surface area contributed by atoms with Crippen molar-refractivity contribution in [3.63, 3.8) is 0 Å². The smallest absolute Gasteiger partial charge is 0.146 e. The van der Waals surface area contributed by atoms with Gasteiger partial charge in [-0.2, -0.15) is 0 Å². The number of fused-ring (bicyclic) bond motifs is 16. The quantitative estimate of drug-likeness (QED) is 0.183. The predicted octanol–water partition coefficient (Wildman–Crippen LogP) is 10.6. The van der Waals surface area contributed by atoms with E-state index in [0.29, 0.717) is 0 Å². The first-order chi connectivity index (χ1) is 23.8. The number of nitrogens with zero attached hydrogens (tertiary/aromatic N) is 5. The van der Waals surface area contributed by atoms with E-state index in [1.807, 2.05) is 12.4 Å². The number of benzene rings is 6. The first kappa shape index (κ1) is 25.6. The number of hydrogen-bond acceptors (Lipinski definition) is 3. The fourth-order valence-electron chi connectivity index (χ4n) is 7.73. The maximum absolute atomic E-state index is 5.07. The highest BCUT2D eigenvalue weighted by Gasteiger charge is 2.16. The summed E-state index contributed by atoms with van der Waals surface area (Å²) in [5.74, 6) is 0. The van der Waals surface area contributed by atoms with Crippen molar-refractivity contribution in [3.05, 3.63) is 152 Å². The molecule has 222 valence electrons. The van der Waals surface area contributed by atoms with Crippen LogP contribution in [0, 0.1) is 0 Å². The zero-order valence-electron chi connectivity index (χ0n) is 25.7. The first-order valence-corrected chi connectivity index (χ1v) is 16.2. The van der Waals surface area contributed by atoms with Crippen LogP contribution < -0.4 is 0 Å². The molecule has 0 fully saturated rings. The van der Waals surface area contributed by atoms with Crippen LogP contribution in [0.25, 0.3) is 99.0 Å². The van der Waals surface area contributed by atoms with Gasteiger partial charge in [0.05, 0.1) is 33.1 Å². The minimum absolute atomic E-state index is 0.978. The van der Waals surface area contributed by atoms with Gasteiger partial charge in [0.15, 0.2) is 0 Å². The van der Waals surface area contributed by atoms with Crippen LogP contribution in [0.15, 0.2) is 152 Å². The summed E-state index contributed by atoms with van der Waals surface area (Å²) in [6, 6.07) is 49.6. The molecule has 5 heteroatoms. The van der Waals surface area contributed by atoms with Gasteiger partial charge in [0.1, 0.15) is 11.3 Å². The lowest BCUT2D eigenvalue weighted by atomic mass is 9.96. The predicted molar refractivity (Wildman–Crippen MR) is 198 cm³/mol.